The molecule has 0 fully saturated rings. The van der Waals surface area contributed by atoms with Crippen LogP contribution in [0.5, 0.6) is 0 Å². The Hall–Kier alpha value is -1.36. The van der Waals surface area contributed by atoms with Crippen molar-refractivity contribution in [1.82, 2.24) is 15.3 Å². The first-order valence-corrected chi connectivity index (χ1v) is 5.55. The number of nitrogens with one attached hydrogen (secondary N) is 2. The van der Waals surface area contributed by atoms with E-state index in [9.17, 15) is 4.79 Å². The third-order valence-corrected chi connectivity index (χ3v) is 2.92. The molecule has 2 atom stereocenters. The van der Waals surface area contributed by atoms with E-state index >= 15 is 0 Å². The molecule has 1 aliphatic heterocycles. The molecule has 1 aromatic heterocycles. The van der Waals surface area contributed by atoms with Gasteiger partial charge in [-0.1, -0.05) is 0 Å². The molecule has 0 aromatic carbocycles. The highest BCUT2D eigenvalue weighted by Crippen LogP contribution is 2.29. The number of aromatic nitrogens is 2. The highest BCUT2D eigenvalue weighted by atomic mass is 16.5. The Kier molecular flexibility index (Phi) is 2.71. The number of H-pyrrole nitrogens is 1. The van der Waals surface area contributed by atoms with Gasteiger partial charge in [-0.15, -0.1) is 0 Å². The van der Waals surface area contributed by atoms with Crippen LogP contribution in [0.1, 0.15) is 32.2 Å². The second kappa shape index (κ2) is 3.90. The smallest absolute Gasteiger partial charge is 0.332 e. The van der Waals surface area contributed by atoms with Crippen molar-refractivity contribution in [2.24, 2.45) is 0 Å². The van der Waals surface area contributed by atoms with Gasteiger partial charge in [0.05, 0.1) is 18.6 Å². The molecular weight excluding hydrogens is 206 g/mol. The molecule has 0 bridgehead atoms. The lowest BCUT2D eigenvalue weighted by atomic mass is 9.88. The number of hydrogen-bond donors (Lipinski definition) is 2. The van der Waals surface area contributed by atoms with Crippen LogP contribution in [0.15, 0.2) is 6.33 Å². The van der Waals surface area contributed by atoms with Gasteiger partial charge in [0.1, 0.15) is 0 Å². The Morgan fingerprint density at radius 2 is 2.50 bits per heavy atom. The van der Waals surface area contributed by atoms with Gasteiger partial charge in [0, 0.05) is 18.2 Å². The van der Waals surface area contributed by atoms with E-state index < -0.39 is 5.54 Å². The third-order valence-electron chi connectivity index (χ3n) is 2.92. The van der Waals surface area contributed by atoms with Crippen molar-refractivity contribution in [3.8, 4) is 0 Å². The quantitative estimate of drug-likeness (QED) is 0.725. The zero-order chi connectivity index (χ0) is 11.8. The summed E-state index contributed by atoms with van der Waals surface area (Å²) >= 11 is 0. The molecule has 0 saturated heterocycles. The van der Waals surface area contributed by atoms with Crippen molar-refractivity contribution >= 4 is 5.97 Å². The Balaban J connectivity index is 2.38. The summed E-state index contributed by atoms with van der Waals surface area (Å²) in [7, 11) is 0. The number of nitrogens with zero attached hydrogens (tertiary/aromatic N) is 1. The van der Waals surface area contributed by atoms with E-state index in [0.29, 0.717) is 6.61 Å². The minimum absolute atomic E-state index is 0.224. The largest absolute Gasteiger partial charge is 0.464 e. The van der Waals surface area contributed by atoms with E-state index in [1.165, 1.54) is 0 Å². The lowest BCUT2D eigenvalue weighted by Gasteiger charge is -2.35. The van der Waals surface area contributed by atoms with Gasteiger partial charge in [0.2, 0.25) is 0 Å². The van der Waals surface area contributed by atoms with E-state index in [0.717, 1.165) is 17.8 Å². The molecule has 0 amide bonds. The Bertz CT molecular complexity index is 402. The number of carbonyl (C=O) groups excluding carboxylic acids is 1. The molecule has 16 heavy (non-hydrogen) atoms. The number of imidazole rings is 1. The molecule has 2 N–H and O–H groups in total. The Morgan fingerprint density at radius 1 is 1.75 bits per heavy atom. The fourth-order valence-corrected chi connectivity index (χ4v) is 2.26. The van der Waals surface area contributed by atoms with Crippen LogP contribution in [0.3, 0.4) is 0 Å². The van der Waals surface area contributed by atoms with Gasteiger partial charge < -0.3 is 9.72 Å². The summed E-state index contributed by atoms with van der Waals surface area (Å²) in [5.74, 6) is -0.269. The van der Waals surface area contributed by atoms with Crippen LogP contribution in [0.25, 0.3) is 0 Å². The molecule has 2 unspecified atom stereocenters. The molecule has 2 heterocycles. The van der Waals surface area contributed by atoms with Crippen molar-refractivity contribution in [3.05, 3.63) is 17.7 Å². The first-order chi connectivity index (χ1) is 7.58. The van der Waals surface area contributed by atoms with Crippen molar-refractivity contribution in [2.75, 3.05) is 6.61 Å². The second-order valence-corrected chi connectivity index (χ2v) is 4.32. The average Bonchev–Trinajstić information content (AvgIpc) is 2.66. The molecule has 2 rings (SSSR count). The molecule has 1 aromatic rings. The molecule has 1 aliphatic rings. The topological polar surface area (TPSA) is 67.0 Å². The SMILES string of the molecule is CCOC(=O)C1(C)NC(C)Cc2[nH]cnc21. The summed E-state index contributed by atoms with van der Waals surface area (Å²) in [6.07, 6.45) is 2.48. The zero-order valence-electron chi connectivity index (χ0n) is 9.83. The fraction of sp³-hybridized carbons (Fsp3) is 0.636. The number of fused-ring (bicyclic) bond motifs is 1. The highest BCUT2D eigenvalue weighted by Gasteiger charge is 2.44. The lowest BCUT2D eigenvalue weighted by Crippen LogP contribution is -2.55. The van der Waals surface area contributed by atoms with E-state index in [-0.39, 0.29) is 12.0 Å². The summed E-state index contributed by atoms with van der Waals surface area (Å²) in [5, 5.41) is 3.26. The van der Waals surface area contributed by atoms with Crippen LogP contribution in [-0.4, -0.2) is 28.6 Å². The molecular formula is C11H17N3O2. The normalized spacial score (nSPS) is 28.6. The number of carbonyl (C=O) groups is 1. The monoisotopic (exact) mass is 223 g/mol. The number of aromatic amines is 1. The first kappa shape index (κ1) is 11.1. The maximum atomic E-state index is 12.0. The second-order valence-electron chi connectivity index (χ2n) is 4.32. The van der Waals surface area contributed by atoms with E-state index in [1.807, 2.05) is 13.8 Å². The zero-order valence-corrected chi connectivity index (χ0v) is 9.83. The van der Waals surface area contributed by atoms with Gasteiger partial charge in [-0.2, -0.15) is 0 Å². The molecule has 88 valence electrons. The van der Waals surface area contributed by atoms with Crippen molar-refractivity contribution < 1.29 is 9.53 Å². The van der Waals surface area contributed by atoms with Crippen LogP contribution in [0.4, 0.5) is 0 Å². The van der Waals surface area contributed by atoms with Gasteiger partial charge in [0.15, 0.2) is 5.54 Å². The minimum Gasteiger partial charge on any atom is -0.464 e. The summed E-state index contributed by atoms with van der Waals surface area (Å²) < 4.78 is 5.10. The first-order valence-electron chi connectivity index (χ1n) is 5.55. The van der Waals surface area contributed by atoms with Gasteiger partial charge in [-0.05, 0) is 20.8 Å². The number of esters is 1. The predicted molar refractivity (Wildman–Crippen MR) is 58.9 cm³/mol. The lowest BCUT2D eigenvalue weighted by molar-refractivity contribution is -0.151. The Labute approximate surface area is 94.6 Å². The van der Waals surface area contributed by atoms with E-state index in [1.54, 1.807) is 13.3 Å². The molecule has 5 heteroatoms. The number of ether oxygens (including phenoxy) is 1. The van der Waals surface area contributed by atoms with Crippen LogP contribution < -0.4 is 5.32 Å². The van der Waals surface area contributed by atoms with Crippen molar-refractivity contribution in [3.63, 3.8) is 0 Å². The molecule has 0 radical (unpaired) electrons. The van der Waals surface area contributed by atoms with Gasteiger partial charge in [-0.25, -0.2) is 9.78 Å². The standard InChI is InChI=1S/C11H17N3O2/c1-4-16-10(15)11(3)9-8(12-6-13-9)5-7(2)14-11/h6-7,14H,4-5H2,1-3H3,(H,12,13). The highest BCUT2D eigenvalue weighted by molar-refractivity contribution is 5.82. The predicted octanol–water partition coefficient (Wildman–Crippen LogP) is 0.722. The van der Waals surface area contributed by atoms with Gasteiger partial charge in [-0.3, -0.25) is 5.32 Å². The summed E-state index contributed by atoms with van der Waals surface area (Å²) in [6.45, 7) is 6.05. The van der Waals surface area contributed by atoms with Crippen LogP contribution in [0, 0.1) is 0 Å². The van der Waals surface area contributed by atoms with Crippen LogP contribution >= 0.6 is 0 Å². The summed E-state index contributed by atoms with van der Waals surface area (Å²) in [4.78, 5) is 19.3. The molecule has 5 nitrogen and oxygen atoms in total. The van der Waals surface area contributed by atoms with Crippen molar-refractivity contribution in [2.45, 2.75) is 38.8 Å². The van der Waals surface area contributed by atoms with Crippen LogP contribution in [-0.2, 0) is 21.5 Å². The number of rotatable bonds is 2. The molecule has 0 spiro atoms. The molecule has 0 saturated carbocycles. The summed E-state index contributed by atoms with van der Waals surface area (Å²) in [5.41, 5.74) is 0.939. The Morgan fingerprint density at radius 3 is 3.19 bits per heavy atom. The third kappa shape index (κ3) is 1.61. The summed E-state index contributed by atoms with van der Waals surface area (Å²) in [6, 6.07) is 0.224. The van der Waals surface area contributed by atoms with Gasteiger partial charge >= 0.3 is 5.97 Å². The van der Waals surface area contributed by atoms with E-state index in [4.69, 9.17) is 4.74 Å². The van der Waals surface area contributed by atoms with Gasteiger partial charge in [0.25, 0.3) is 0 Å². The minimum atomic E-state index is -0.830. The maximum Gasteiger partial charge on any atom is 0.332 e. The average molecular weight is 223 g/mol. The van der Waals surface area contributed by atoms with Crippen LogP contribution in [0.2, 0.25) is 0 Å². The fourth-order valence-electron chi connectivity index (χ4n) is 2.26. The number of hydrogen-bond acceptors (Lipinski definition) is 4. The molecule has 0 aliphatic carbocycles. The maximum absolute atomic E-state index is 12.0. The van der Waals surface area contributed by atoms with Crippen molar-refractivity contribution in [1.29, 1.82) is 0 Å². The van der Waals surface area contributed by atoms with E-state index in [2.05, 4.69) is 15.3 Å².